The molecule has 0 fully saturated rings. The Labute approximate surface area is 108 Å². The van der Waals surface area contributed by atoms with Gasteiger partial charge in [0.2, 0.25) is 0 Å². The Morgan fingerprint density at radius 3 is 2.50 bits per heavy atom. The van der Waals surface area contributed by atoms with Crippen LogP contribution in [0.4, 0.5) is 8.78 Å². The topological polar surface area (TPSA) is 12.0 Å². The number of halogens is 2. The maximum atomic E-state index is 13.1. The van der Waals surface area contributed by atoms with Gasteiger partial charge in [0.15, 0.2) is 0 Å². The van der Waals surface area contributed by atoms with E-state index in [1.54, 1.807) is 0 Å². The Bertz CT molecular complexity index is 389. The summed E-state index contributed by atoms with van der Waals surface area (Å²) in [4.78, 5) is 0. The molecule has 0 heterocycles. The van der Waals surface area contributed by atoms with Crippen molar-refractivity contribution in [1.29, 1.82) is 0 Å². The molecule has 0 spiro atoms. The highest BCUT2D eigenvalue weighted by Crippen LogP contribution is 2.12. The van der Waals surface area contributed by atoms with Crippen molar-refractivity contribution >= 4 is 0 Å². The molecule has 98 valence electrons. The smallest absolute Gasteiger partial charge is 0.126 e. The lowest BCUT2D eigenvalue weighted by atomic mass is 10.0. The molecular weight excluding hydrogens is 232 g/mol. The Hall–Kier alpha value is -1.40. The number of rotatable bonds is 7. The molecule has 1 aromatic carbocycles. The standard InChI is InChI=1S/C15H19F2N/c1-3-5-6-7-15(18-4-2)10-12-8-13(16)11-14(17)9-12/h1,8-9,11,15,18H,4-7,10H2,2H3. The van der Waals surface area contributed by atoms with Crippen LogP contribution in [0.25, 0.3) is 0 Å². The molecule has 0 amide bonds. The van der Waals surface area contributed by atoms with Gasteiger partial charge in [-0.15, -0.1) is 12.3 Å². The molecule has 0 saturated carbocycles. The molecule has 0 bridgehead atoms. The quantitative estimate of drug-likeness (QED) is 0.579. The fourth-order valence-corrected chi connectivity index (χ4v) is 2.03. The van der Waals surface area contributed by atoms with Crippen LogP contribution in [0.3, 0.4) is 0 Å². The molecule has 3 heteroatoms. The molecule has 1 rings (SSSR count). The zero-order valence-electron chi connectivity index (χ0n) is 10.7. The SMILES string of the molecule is C#CCCCC(Cc1cc(F)cc(F)c1)NCC. The van der Waals surface area contributed by atoms with E-state index in [1.807, 2.05) is 6.92 Å². The summed E-state index contributed by atoms with van der Waals surface area (Å²) in [6, 6.07) is 3.87. The average Bonchev–Trinajstić information content (AvgIpc) is 2.28. The van der Waals surface area contributed by atoms with Gasteiger partial charge in [-0.1, -0.05) is 6.92 Å². The molecule has 0 aromatic heterocycles. The summed E-state index contributed by atoms with van der Waals surface area (Å²) in [5, 5.41) is 3.32. The fraction of sp³-hybridized carbons (Fsp3) is 0.467. The van der Waals surface area contributed by atoms with Gasteiger partial charge >= 0.3 is 0 Å². The van der Waals surface area contributed by atoms with E-state index >= 15 is 0 Å². The van der Waals surface area contributed by atoms with Gasteiger partial charge in [-0.2, -0.15) is 0 Å². The predicted octanol–water partition coefficient (Wildman–Crippen LogP) is 3.29. The lowest BCUT2D eigenvalue weighted by molar-refractivity contribution is 0.476. The van der Waals surface area contributed by atoms with E-state index in [0.717, 1.165) is 31.9 Å². The molecule has 0 aliphatic rings. The highest BCUT2D eigenvalue weighted by Gasteiger charge is 2.09. The Morgan fingerprint density at radius 1 is 1.28 bits per heavy atom. The minimum atomic E-state index is -0.524. The number of likely N-dealkylation sites (N-methyl/N-ethyl adjacent to an activating group) is 1. The summed E-state index contributed by atoms with van der Waals surface area (Å²) in [6.45, 7) is 2.85. The van der Waals surface area contributed by atoms with E-state index in [0.29, 0.717) is 12.0 Å². The second-order valence-corrected chi connectivity index (χ2v) is 4.33. The highest BCUT2D eigenvalue weighted by molar-refractivity contribution is 5.19. The second-order valence-electron chi connectivity index (χ2n) is 4.33. The van der Waals surface area contributed by atoms with Gasteiger partial charge in [-0.25, -0.2) is 8.78 Å². The van der Waals surface area contributed by atoms with Crippen molar-refractivity contribution < 1.29 is 8.78 Å². The summed E-state index contributed by atoms with van der Waals surface area (Å²) in [6.07, 6.45) is 8.40. The van der Waals surface area contributed by atoms with Crippen molar-refractivity contribution in [3.05, 3.63) is 35.4 Å². The summed E-state index contributed by atoms with van der Waals surface area (Å²) < 4.78 is 26.2. The van der Waals surface area contributed by atoms with Crippen molar-refractivity contribution in [2.24, 2.45) is 0 Å². The van der Waals surface area contributed by atoms with E-state index in [1.165, 1.54) is 12.1 Å². The third-order valence-electron chi connectivity index (χ3n) is 2.77. The van der Waals surface area contributed by atoms with E-state index in [4.69, 9.17) is 6.42 Å². The molecule has 1 nitrogen and oxygen atoms in total. The summed E-state index contributed by atoms with van der Waals surface area (Å²) in [5.74, 6) is 1.55. The van der Waals surface area contributed by atoms with Crippen LogP contribution < -0.4 is 5.32 Å². The monoisotopic (exact) mass is 251 g/mol. The second kappa shape index (κ2) is 7.84. The van der Waals surface area contributed by atoms with Gasteiger partial charge in [-0.3, -0.25) is 0 Å². The molecule has 1 atom stereocenters. The van der Waals surface area contributed by atoms with E-state index < -0.39 is 11.6 Å². The molecule has 1 aromatic rings. The van der Waals surface area contributed by atoms with Crippen molar-refractivity contribution in [1.82, 2.24) is 5.32 Å². The first-order valence-electron chi connectivity index (χ1n) is 6.27. The van der Waals surface area contributed by atoms with E-state index in [9.17, 15) is 8.78 Å². The van der Waals surface area contributed by atoms with Crippen LogP contribution in [0.15, 0.2) is 18.2 Å². The van der Waals surface area contributed by atoms with Crippen molar-refractivity contribution in [3.63, 3.8) is 0 Å². The van der Waals surface area contributed by atoms with Gasteiger partial charge in [0.05, 0.1) is 0 Å². The molecule has 1 unspecified atom stereocenters. The molecule has 1 N–H and O–H groups in total. The Balaban J connectivity index is 2.61. The van der Waals surface area contributed by atoms with Gasteiger partial charge in [0.25, 0.3) is 0 Å². The fourth-order valence-electron chi connectivity index (χ4n) is 2.03. The number of terminal acetylenes is 1. The third kappa shape index (κ3) is 5.29. The largest absolute Gasteiger partial charge is 0.314 e. The number of nitrogens with one attached hydrogen (secondary N) is 1. The highest BCUT2D eigenvalue weighted by atomic mass is 19.1. The first-order valence-corrected chi connectivity index (χ1v) is 6.27. The van der Waals surface area contributed by atoms with Crippen LogP contribution in [0.1, 0.15) is 31.7 Å². The molecular formula is C15H19F2N. The number of hydrogen-bond donors (Lipinski definition) is 1. The van der Waals surface area contributed by atoms with Crippen molar-refractivity contribution in [2.45, 2.75) is 38.6 Å². The lowest BCUT2D eigenvalue weighted by Gasteiger charge is -2.17. The molecule has 0 radical (unpaired) electrons. The zero-order chi connectivity index (χ0) is 13.4. The zero-order valence-corrected chi connectivity index (χ0v) is 10.7. The molecule has 0 aliphatic heterocycles. The molecule has 18 heavy (non-hydrogen) atoms. The lowest BCUT2D eigenvalue weighted by Crippen LogP contribution is -2.31. The van der Waals surface area contributed by atoms with E-state index in [2.05, 4.69) is 11.2 Å². The normalized spacial score (nSPS) is 12.1. The maximum Gasteiger partial charge on any atom is 0.126 e. The summed E-state index contributed by atoms with van der Waals surface area (Å²) in [5.41, 5.74) is 0.680. The third-order valence-corrected chi connectivity index (χ3v) is 2.77. The summed E-state index contributed by atoms with van der Waals surface area (Å²) >= 11 is 0. The number of hydrogen-bond acceptors (Lipinski definition) is 1. The predicted molar refractivity (Wildman–Crippen MR) is 70.2 cm³/mol. The van der Waals surface area contributed by atoms with Gasteiger partial charge < -0.3 is 5.32 Å². The molecule has 0 saturated heterocycles. The maximum absolute atomic E-state index is 13.1. The van der Waals surface area contributed by atoms with Crippen LogP contribution >= 0.6 is 0 Å². The van der Waals surface area contributed by atoms with Gasteiger partial charge in [0, 0.05) is 18.5 Å². The van der Waals surface area contributed by atoms with Crippen LogP contribution in [-0.2, 0) is 6.42 Å². The first-order chi connectivity index (χ1) is 8.65. The Morgan fingerprint density at radius 2 is 1.94 bits per heavy atom. The summed E-state index contributed by atoms with van der Waals surface area (Å²) in [7, 11) is 0. The van der Waals surface area contributed by atoms with Gasteiger partial charge in [-0.05, 0) is 43.5 Å². The number of benzene rings is 1. The molecule has 0 aliphatic carbocycles. The van der Waals surface area contributed by atoms with Crippen LogP contribution in [0.5, 0.6) is 0 Å². The van der Waals surface area contributed by atoms with Crippen LogP contribution in [-0.4, -0.2) is 12.6 Å². The first kappa shape index (κ1) is 14.7. The Kier molecular flexibility index (Phi) is 6.38. The number of unbranched alkanes of at least 4 members (excludes halogenated alkanes) is 1. The van der Waals surface area contributed by atoms with Crippen molar-refractivity contribution in [2.75, 3.05) is 6.54 Å². The van der Waals surface area contributed by atoms with Crippen LogP contribution in [0.2, 0.25) is 0 Å². The minimum Gasteiger partial charge on any atom is -0.314 e. The van der Waals surface area contributed by atoms with Crippen molar-refractivity contribution in [3.8, 4) is 12.3 Å². The average molecular weight is 251 g/mol. The van der Waals surface area contributed by atoms with Gasteiger partial charge in [0.1, 0.15) is 11.6 Å². The minimum absolute atomic E-state index is 0.213. The van der Waals surface area contributed by atoms with Crippen LogP contribution in [0, 0.1) is 24.0 Å². The van der Waals surface area contributed by atoms with E-state index in [-0.39, 0.29) is 6.04 Å².